The van der Waals surface area contributed by atoms with Crippen LogP contribution in [0.15, 0.2) is 53.3 Å². The third-order valence-corrected chi connectivity index (χ3v) is 4.17. The molecule has 0 radical (unpaired) electrons. The monoisotopic (exact) mass is 398 g/mol. The highest BCUT2D eigenvalue weighted by atomic mass is 19.1. The number of halogens is 1. The fourth-order valence-corrected chi connectivity index (χ4v) is 2.90. The van der Waals surface area contributed by atoms with Gasteiger partial charge in [-0.05, 0) is 35.4 Å². The van der Waals surface area contributed by atoms with Gasteiger partial charge in [0.2, 0.25) is 0 Å². The number of benzene rings is 2. The number of anilines is 1. The van der Waals surface area contributed by atoms with Gasteiger partial charge in [0, 0.05) is 5.56 Å². The van der Waals surface area contributed by atoms with E-state index in [1.54, 1.807) is 18.2 Å². The Morgan fingerprint density at radius 3 is 2.24 bits per heavy atom. The highest BCUT2D eigenvalue weighted by Crippen LogP contribution is 2.32. The van der Waals surface area contributed by atoms with Gasteiger partial charge in [-0.25, -0.2) is 14.0 Å². The van der Waals surface area contributed by atoms with Gasteiger partial charge in [-0.15, -0.1) is 0 Å². The van der Waals surface area contributed by atoms with E-state index in [2.05, 4.69) is 4.98 Å². The second-order valence-corrected chi connectivity index (χ2v) is 6.00. The Morgan fingerprint density at radius 1 is 1.00 bits per heavy atom. The zero-order chi connectivity index (χ0) is 21.1. The summed E-state index contributed by atoms with van der Waals surface area (Å²) in [6.07, 6.45) is 0. The molecule has 0 fully saturated rings. The van der Waals surface area contributed by atoms with Gasteiger partial charge >= 0.3 is 11.9 Å². The number of nitrogens with two attached hydrogens (primary N) is 1. The summed E-state index contributed by atoms with van der Waals surface area (Å²) in [5.41, 5.74) is 3.63. The van der Waals surface area contributed by atoms with Gasteiger partial charge in [0.1, 0.15) is 35.1 Å². The molecule has 3 rings (SSSR count). The quantitative estimate of drug-likeness (QED) is 0.500. The normalized spacial score (nSPS) is 10.5. The molecule has 0 aliphatic heterocycles. The van der Waals surface area contributed by atoms with Crippen molar-refractivity contribution in [2.24, 2.45) is 0 Å². The minimum Gasteiger partial charge on any atom is -0.489 e. The van der Waals surface area contributed by atoms with Crippen molar-refractivity contribution in [3.63, 3.8) is 0 Å². The minimum atomic E-state index is -1.60. The number of rotatable bonds is 6. The highest BCUT2D eigenvalue weighted by Gasteiger charge is 2.27. The van der Waals surface area contributed by atoms with Crippen LogP contribution in [0, 0.1) is 5.82 Å². The molecule has 9 heteroatoms. The molecule has 0 spiro atoms. The third-order valence-electron chi connectivity index (χ3n) is 4.17. The first kappa shape index (κ1) is 19.6. The molecule has 1 aromatic heterocycles. The second kappa shape index (κ2) is 7.85. The van der Waals surface area contributed by atoms with E-state index in [4.69, 9.17) is 10.5 Å². The smallest absolute Gasteiger partial charge is 0.342 e. The zero-order valence-electron chi connectivity index (χ0n) is 14.8. The number of aromatic amines is 1. The Morgan fingerprint density at radius 2 is 1.62 bits per heavy atom. The van der Waals surface area contributed by atoms with Crippen LogP contribution in [-0.2, 0) is 6.61 Å². The first-order chi connectivity index (χ1) is 13.8. The molecule has 0 aliphatic carbocycles. The lowest BCUT2D eigenvalue weighted by Gasteiger charge is -2.16. The molecule has 3 aromatic rings. The van der Waals surface area contributed by atoms with E-state index < -0.39 is 40.3 Å². The fourth-order valence-electron chi connectivity index (χ4n) is 2.90. The lowest BCUT2D eigenvalue weighted by Crippen LogP contribution is -2.24. The van der Waals surface area contributed by atoms with Gasteiger partial charge in [-0.1, -0.05) is 24.3 Å². The number of hydrogen-bond acceptors (Lipinski definition) is 5. The van der Waals surface area contributed by atoms with Crippen LogP contribution in [0.5, 0.6) is 5.75 Å². The summed E-state index contributed by atoms with van der Waals surface area (Å²) in [6, 6.07) is 11.5. The number of hydrogen-bond donors (Lipinski definition) is 4. The lowest BCUT2D eigenvalue weighted by molar-refractivity contribution is 0.0695. The number of nitrogens with one attached hydrogen (secondary N) is 1. The Bertz CT molecular complexity index is 1150. The maximum Gasteiger partial charge on any atom is 0.342 e. The van der Waals surface area contributed by atoms with Gasteiger partial charge < -0.3 is 25.7 Å². The van der Waals surface area contributed by atoms with Crippen molar-refractivity contribution >= 4 is 17.8 Å². The number of pyridine rings is 1. The zero-order valence-corrected chi connectivity index (χ0v) is 14.8. The van der Waals surface area contributed by atoms with Crippen molar-refractivity contribution in [1.82, 2.24) is 4.98 Å². The molecule has 148 valence electrons. The van der Waals surface area contributed by atoms with E-state index in [-0.39, 0.29) is 17.7 Å². The molecule has 5 N–H and O–H groups in total. The average Bonchev–Trinajstić information content (AvgIpc) is 2.66. The average molecular weight is 398 g/mol. The van der Waals surface area contributed by atoms with Crippen molar-refractivity contribution in [1.29, 1.82) is 0 Å². The number of nitrogen functional groups attached to an aromatic ring is 1. The standard InChI is InChI=1S/C20H15FN2O6/c21-11-5-7-12(8-6-11)29-9-10-3-1-2-4-13(10)14-15(19(25)26)17(22)23-18(24)16(14)20(27)28/h1-8H,9H2,(H,25,26)(H,27,28)(H3,22,23,24). The second-order valence-electron chi connectivity index (χ2n) is 6.00. The molecular weight excluding hydrogens is 383 g/mol. The largest absolute Gasteiger partial charge is 0.489 e. The summed E-state index contributed by atoms with van der Waals surface area (Å²) < 4.78 is 18.6. The first-order valence-corrected chi connectivity index (χ1v) is 8.28. The van der Waals surface area contributed by atoms with Crippen LogP contribution >= 0.6 is 0 Å². The van der Waals surface area contributed by atoms with Crippen LogP contribution in [0.2, 0.25) is 0 Å². The molecule has 0 saturated carbocycles. The number of aromatic nitrogens is 1. The van der Waals surface area contributed by atoms with Gasteiger partial charge in [0.25, 0.3) is 5.56 Å². The van der Waals surface area contributed by atoms with E-state index in [1.807, 2.05) is 0 Å². The van der Waals surface area contributed by atoms with Gasteiger partial charge in [0.15, 0.2) is 0 Å². The van der Waals surface area contributed by atoms with Crippen LogP contribution < -0.4 is 16.0 Å². The van der Waals surface area contributed by atoms with Crippen LogP contribution in [0.1, 0.15) is 26.3 Å². The van der Waals surface area contributed by atoms with Crippen LogP contribution in [0.25, 0.3) is 11.1 Å². The predicted molar refractivity (Wildman–Crippen MR) is 102 cm³/mol. The lowest BCUT2D eigenvalue weighted by atomic mass is 9.92. The SMILES string of the molecule is Nc1[nH]c(=O)c(C(=O)O)c(-c2ccccc2COc2ccc(F)cc2)c1C(=O)O. The maximum absolute atomic E-state index is 13.0. The molecule has 0 saturated heterocycles. The molecule has 0 aliphatic rings. The Balaban J connectivity index is 2.16. The number of carbonyl (C=O) groups is 2. The summed E-state index contributed by atoms with van der Waals surface area (Å²) in [6.45, 7) is -0.0906. The Kier molecular flexibility index (Phi) is 5.31. The molecule has 0 amide bonds. The molecule has 2 aromatic carbocycles. The molecule has 0 atom stereocenters. The molecule has 1 heterocycles. The van der Waals surface area contributed by atoms with Crippen LogP contribution in [0.4, 0.5) is 10.2 Å². The summed E-state index contributed by atoms with van der Waals surface area (Å²) in [5.74, 6) is -3.64. The number of ether oxygens (including phenoxy) is 1. The molecular formula is C20H15FN2O6. The van der Waals surface area contributed by atoms with Gasteiger partial charge in [0.05, 0.1) is 0 Å². The van der Waals surface area contributed by atoms with Crippen LogP contribution in [-0.4, -0.2) is 27.1 Å². The topological polar surface area (TPSA) is 143 Å². The molecule has 0 unspecified atom stereocenters. The van der Waals surface area contributed by atoms with Crippen molar-refractivity contribution in [3.8, 4) is 16.9 Å². The fraction of sp³-hybridized carbons (Fsp3) is 0.0500. The third kappa shape index (κ3) is 3.93. The predicted octanol–water partition coefficient (Wildman–Crippen LogP) is 2.74. The summed E-state index contributed by atoms with van der Waals surface area (Å²) in [5, 5.41) is 19.1. The van der Waals surface area contributed by atoms with E-state index in [0.29, 0.717) is 11.3 Å². The van der Waals surface area contributed by atoms with Crippen molar-refractivity contribution in [2.45, 2.75) is 6.61 Å². The van der Waals surface area contributed by atoms with Gasteiger partial charge in [-0.3, -0.25) is 4.79 Å². The van der Waals surface area contributed by atoms with Crippen molar-refractivity contribution < 1.29 is 28.9 Å². The summed E-state index contributed by atoms with van der Waals surface area (Å²) in [4.78, 5) is 37.7. The number of H-pyrrole nitrogens is 1. The van der Waals surface area contributed by atoms with Crippen molar-refractivity contribution in [2.75, 3.05) is 5.73 Å². The summed E-state index contributed by atoms with van der Waals surface area (Å²) in [7, 11) is 0. The maximum atomic E-state index is 13.0. The number of carboxylic acid groups (broad SMARTS) is 2. The van der Waals surface area contributed by atoms with E-state index >= 15 is 0 Å². The van der Waals surface area contributed by atoms with Crippen LogP contribution in [0.3, 0.4) is 0 Å². The molecule has 8 nitrogen and oxygen atoms in total. The Hall–Kier alpha value is -4.14. The Labute approximate surface area is 163 Å². The molecule has 0 bridgehead atoms. The van der Waals surface area contributed by atoms with Gasteiger partial charge in [-0.2, -0.15) is 0 Å². The number of aromatic carboxylic acids is 2. The van der Waals surface area contributed by atoms with E-state index in [1.165, 1.54) is 30.3 Å². The number of carboxylic acids is 2. The molecule has 29 heavy (non-hydrogen) atoms. The van der Waals surface area contributed by atoms with E-state index in [0.717, 1.165) is 0 Å². The van der Waals surface area contributed by atoms with Crippen molar-refractivity contribution in [3.05, 3.63) is 81.4 Å². The first-order valence-electron chi connectivity index (χ1n) is 8.28. The highest BCUT2D eigenvalue weighted by molar-refractivity contribution is 6.07. The minimum absolute atomic E-state index is 0.0906. The summed E-state index contributed by atoms with van der Waals surface area (Å²) >= 11 is 0. The van der Waals surface area contributed by atoms with E-state index in [9.17, 15) is 29.0 Å².